The molecule has 34 heavy (non-hydrogen) atoms. The first-order valence-electron chi connectivity index (χ1n) is 11.0. The molecule has 1 aliphatic rings. The number of imidazole rings is 1. The molecule has 1 fully saturated rings. The van der Waals surface area contributed by atoms with Gasteiger partial charge in [-0.15, -0.1) is 0 Å². The molecule has 0 aliphatic carbocycles. The van der Waals surface area contributed by atoms with E-state index in [0.717, 1.165) is 22.8 Å². The number of hydrogen-bond acceptors (Lipinski definition) is 7. The molecule has 11 nitrogen and oxygen atoms in total. The minimum absolute atomic E-state index is 0.0328. The lowest BCUT2D eigenvalue weighted by Gasteiger charge is -2.32. The van der Waals surface area contributed by atoms with Crippen molar-refractivity contribution in [3.05, 3.63) is 69.1 Å². The smallest absolute Gasteiger partial charge is 0.282 e. The third-order valence-electron chi connectivity index (χ3n) is 6.15. The number of nitro groups is 1. The number of nitrogens with one attached hydrogen (secondary N) is 1. The number of nitrogens with zero attached hydrogens (tertiary/aromatic N) is 5. The third-order valence-corrected chi connectivity index (χ3v) is 6.15. The van der Waals surface area contributed by atoms with E-state index in [9.17, 15) is 19.7 Å². The van der Waals surface area contributed by atoms with Crippen LogP contribution in [0.2, 0.25) is 0 Å². The Bertz CT molecular complexity index is 1220. The molecule has 0 bridgehead atoms. The van der Waals surface area contributed by atoms with Crippen LogP contribution >= 0.6 is 0 Å². The van der Waals surface area contributed by atoms with Gasteiger partial charge in [-0.1, -0.05) is 5.16 Å². The lowest BCUT2D eigenvalue weighted by molar-refractivity contribution is -0.385. The highest BCUT2D eigenvalue weighted by molar-refractivity contribution is 6.00. The maximum atomic E-state index is 13.2. The average molecular weight is 466 g/mol. The van der Waals surface area contributed by atoms with E-state index >= 15 is 0 Å². The number of hydrogen-bond donors (Lipinski definition) is 1. The van der Waals surface area contributed by atoms with Crippen LogP contribution in [0.3, 0.4) is 0 Å². The van der Waals surface area contributed by atoms with Crippen molar-refractivity contribution in [2.75, 3.05) is 18.4 Å². The molecule has 11 heteroatoms. The molecular formula is C23H26N6O5. The van der Waals surface area contributed by atoms with E-state index in [4.69, 9.17) is 4.52 Å². The van der Waals surface area contributed by atoms with E-state index in [0.29, 0.717) is 38.2 Å². The van der Waals surface area contributed by atoms with Crippen LogP contribution in [0, 0.1) is 24.0 Å². The van der Waals surface area contributed by atoms with Crippen molar-refractivity contribution in [3.8, 4) is 0 Å². The van der Waals surface area contributed by atoms with Gasteiger partial charge in [-0.3, -0.25) is 19.7 Å². The Morgan fingerprint density at radius 2 is 2.00 bits per heavy atom. The highest BCUT2D eigenvalue weighted by Crippen LogP contribution is 2.31. The van der Waals surface area contributed by atoms with Gasteiger partial charge in [0.1, 0.15) is 17.1 Å². The number of carbonyl (C=O) groups is 2. The fourth-order valence-corrected chi connectivity index (χ4v) is 4.37. The van der Waals surface area contributed by atoms with Gasteiger partial charge in [0, 0.05) is 55.6 Å². The van der Waals surface area contributed by atoms with Crippen LogP contribution in [0.5, 0.6) is 0 Å². The Hall–Kier alpha value is -4.02. The lowest BCUT2D eigenvalue weighted by atomic mass is 9.95. The monoisotopic (exact) mass is 466 g/mol. The summed E-state index contributed by atoms with van der Waals surface area (Å²) in [7, 11) is 0. The SMILES string of the molecule is CC(=O)Nc1ccc([N+](=O)[O-])c(C(=O)N2CCC(c3nccn3Cc3c(C)noc3C)CC2)c1. The molecular weight excluding hydrogens is 440 g/mol. The van der Waals surface area contributed by atoms with Crippen molar-refractivity contribution >= 4 is 23.2 Å². The van der Waals surface area contributed by atoms with Crippen molar-refractivity contribution in [1.82, 2.24) is 19.6 Å². The fraction of sp³-hybridized carbons (Fsp3) is 0.391. The highest BCUT2D eigenvalue weighted by atomic mass is 16.6. The molecule has 3 heterocycles. The summed E-state index contributed by atoms with van der Waals surface area (Å²) in [5.74, 6) is 1.13. The average Bonchev–Trinajstić information content (AvgIpc) is 3.40. The van der Waals surface area contributed by atoms with E-state index in [1.54, 1.807) is 11.1 Å². The molecule has 0 unspecified atom stereocenters. The summed E-state index contributed by atoms with van der Waals surface area (Å²) in [5, 5.41) is 18.1. The Labute approximate surface area is 195 Å². The zero-order valence-corrected chi connectivity index (χ0v) is 19.3. The second-order valence-electron chi connectivity index (χ2n) is 8.45. The van der Waals surface area contributed by atoms with Gasteiger partial charge >= 0.3 is 0 Å². The molecule has 0 saturated carbocycles. The topological polar surface area (TPSA) is 136 Å². The minimum Gasteiger partial charge on any atom is -0.361 e. The molecule has 1 aliphatic heterocycles. The summed E-state index contributed by atoms with van der Waals surface area (Å²) >= 11 is 0. The Morgan fingerprint density at radius 3 is 2.62 bits per heavy atom. The molecule has 1 saturated heterocycles. The predicted octanol–water partition coefficient (Wildman–Crippen LogP) is 3.42. The van der Waals surface area contributed by atoms with E-state index in [1.165, 1.54) is 25.1 Å². The van der Waals surface area contributed by atoms with Crippen LogP contribution in [0.4, 0.5) is 11.4 Å². The maximum absolute atomic E-state index is 13.2. The normalized spacial score (nSPS) is 14.3. The van der Waals surface area contributed by atoms with Gasteiger partial charge in [-0.25, -0.2) is 4.98 Å². The van der Waals surface area contributed by atoms with Gasteiger partial charge in [0.15, 0.2) is 0 Å². The van der Waals surface area contributed by atoms with Crippen LogP contribution in [0.25, 0.3) is 0 Å². The summed E-state index contributed by atoms with van der Waals surface area (Å²) < 4.78 is 7.35. The lowest BCUT2D eigenvalue weighted by Crippen LogP contribution is -2.38. The summed E-state index contributed by atoms with van der Waals surface area (Å²) in [5.41, 5.74) is 1.91. The predicted molar refractivity (Wildman–Crippen MR) is 123 cm³/mol. The van der Waals surface area contributed by atoms with Gasteiger partial charge in [0.05, 0.1) is 17.2 Å². The van der Waals surface area contributed by atoms with Gasteiger partial charge in [0.25, 0.3) is 11.6 Å². The number of aryl methyl sites for hydroxylation is 2. The molecule has 4 rings (SSSR count). The summed E-state index contributed by atoms with van der Waals surface area (Å²) in [6.07, 6.45) is 5.06. The molecule has 1 aromatic carbocycles. The molecule has 2 aromatic heterocycles. The van der Waals surface area contributed by atoms with E-state index in [1.807, 2.05) is 20.0 Å². The van der Waals surface area contributed by atoms with Crippen LogP contribution in [0.1, 0.15) is 58.9 Å². The molecule has 1 N–H and O–H groups in total. The summed E-state index contributed by atoms with van der Waals surface area (Å²) in [6.45, 7) is 6.64. The van der Waals surface area contributed by atoms with E-state index < -0.39 is 10.8 Å². The van der Waals surface area contributed by atoms with Crippen LogP contribution in [-0.4, -0.2) is 49.4 Å². The van der Waals surface area contributed by atoms with Crippen molar-refractivity contribution in [2.45, 2.75) is 46.1 Å². The van der Waals surface area contributed by atoms with Gasteiger partial charge in [-0.05, 0) is 38.8 Å². The highest BCUT2D eigenvalue weighted by Gasteiger charge is 2.30. The van der Waals surface area contributed by atoms with Crippen molar-refractivity contribution in [1.29, 1.82) is 0 Å². The second-order valence-corrected chi connectivity index (χ2v) is 8.45. The zero-order chi connectivity index (χ0) is 24.4. The third kappa shape index (κ3) is 4.68. The molecule has 0 atom stereocenters. The minimum atomic E-state index is -0.580. The number of aromatic nitrogens is 3. The Balaban J connectivity index is 1.48. The quantitative estimate of drug-likeness (QED) is 0.434. The standard InChI is InChI=1S/C23H26N6O5/c1-14-20(15(2)34-26-14)13-28-11-8-24-22(28)17-6-9-27(10-7-17)23(31)19-12-18(25-16(3)30)4-5-21(19)29(32)33/h4-5,8,11-12,17H,6-7,9-10,13H2,1-3H3,(H,25,30). The summed E-state index contributed by atoms with van der Waals surface area (Å²) in [4.78, 5) is 41.6. The fourth-order valence-electron chi connectivity index (χ4n) is 4.37. The number of carbonyl (C=O) groups excluding carboxylic acids is 2. The van der Waals surface area contributed by atoms with Gasteiger partial charge in [-0.2, -0.15) is 0 Å². The van der Waals surface area contributed by atoms with Crippen LogP contribution in [0.15, 0.2) is 35.1 Å². The number of amides is 2. The second kappa shape index (κ2) is 9.46. The number of anilines is 1. The first-order chi connectivity index (χ1) is 16.2. The molecule has 3 aromatic rings. The number of nitro benzene ring substituents is 1. The van der Waals surface area contributed by atoms with Gasteiger partial charge < -0.3 is 19.3 Å². The van der Waals surface area contributed by atoms with Crippen LogP contribution < -0.4 is 5.32 Å². The Morgan fingerprint density at radius 1 is 1.26 bits per heavy atom. The molecule has 0 radical (unpaired) electrons. The molecule has 178 valence electrons. The maximum Gasteiger partial charge on any atom is 0.282 e. The summed E-state index contributed by atoms with van der Waals surface area (Å²) in [6, 6.07) is 4.03. The van der Waals surface area contributed by atoms with Gasteiger partial charge in [0.2, 0.25) is 5.91 Å². The Kier molecular flexibility index (Phi) is 6.44. The zero-order valence-electron chi connectivity index (χ0n) is 19.3. The first-order valence-corrected chi connectivity index (χ1v) is 11.0. The van der Waals surface area contributed by atoms with Crippen molar-refractivity contribution < 1.29 is 19.0 Å². The van der Waals surface area contributed by atoms with Crippen LogP contribution in [-0.2, 0) is 11.3 Å². The molecule has 2 amide bonds. The molecule has 0 spiro atoms. The number of benzene rings is 1. The van der Waals surface area contributed by atoms with E-state index in [-0.39, 0.29) is 23.1 Å². The largest absolute Gasteiger partial charge is 0.361 e. The van der Waals surface area contributed by atoms with Crippen molar-refractivity contribution in [2.24, 2.45) is 0 Å². The number of piperidine rings is 1. The van der Waals surface area contributed by atoms with E-state index in [2.05, 4.69) is 20.0 Å². The number of rotatable bonds is 6. The first kappa shape index (κ1) is 23.1. The number of likely N-dealkylation sites (tertiary alicyclic amines) is 1. The van der Waals surface area contributed by atoms with Crippen molar-refractivity contribution in [3.63, 3.8) is 0 Å².